The largest absolute Gasteiger partial charge is 0.383 e. The van der Waals surface area contributed by atoms with Crippen molar-refractivity contribution >= 4 is 15.9 Å². The number of hydrogen-bond acceptors (Lipinski definition) is 3. The Kier molecular flexibility index (Phi) is 6.05. The molecule has 0 radical (unpaired) electrons. The number of methoxy groups -OCH3 is 1. The topological polar surface area (TPSA) is 39.1 Å². The van der Waals surface area contributed by atoms with E-state index in [-0.39, 0.29) is 0 Å². The van der Waals surface area contributed by atoms with Crippen molar-refractivity contribution in [1.29, 1.82) is 0 Å². The van der Waals surface area contributed by atoms with Crippen LogP contribution in [0, 0.1) is 11.8 Å². The first-order valence-corrected chi connectivity index (χ1v) is 8.33. The molecule has 1 fully saturated rings. The van der Waals surface area contributed by atoms with Gasteiger partial charge in [-0.25, -0.2) is 0 Å². The van der Waals surface area contributed by atoms with Gasteiger partial charge in [0.25, 0.3) is 0 Å². The van der Waals surface area contributed by atoms with E-state index in [0.29, 0.717) is 18.4 Å². The van der Waals surface area contributed by atoms with Crippen LogP contribution in [-0.2, 0) is 11.3 Å². The molecule has 0 saturated heterocycles. The van der Waals surface area contributed by atoms with Crippen molar-refractivity contribution < 1.29 is 4.74 Å². The van der Waals surface area contributed by atoms with Gasteiger partial charge >= 0.3 is 0 Å². The summed E-state index contributed by atoms with van der Waals surface area (Å²) in [6, 6.07) is 0. The summed E-state index contributed by atoms with van der Waals surface area (Å²) in [6.07, 6.45) is 4.50. The van der Waals surface area contributed by atoms with Gasteiger partial charge in [0.2, 0.25) is 0 Å². The summed E-state index contributed by atoms with van der Waals surface area (Å²) in [7, 11) is 1.74. The zero-order chi connectivity index (χ0) is 14.5. The van der Waals surface area contributed by atoms with Gasteiger partial charge in [-0.3, -0.25) is 4.68 Å². The van der Waals surface area contributed by atoms with Gasteiger partial charge in [-0.1, -0.05) is 13.8 Å². The summed E-state index contributed by atoms with van der Waals surface area (Å²) in [4.78, 5) is 0. The minimum Gasteiger partial charge on any atom is -0.383 e. The molecule has 1 heterocycles. The van der Waals surface area contributed by atoms with Crippen LogP contribution in [-0.4, -0.2) is 36.6 Å². The molecule has 5 heteroatoms. The molecule has 0 aliphatic heterocycles. The molecule has 1 aliphatic carbocycles. The Bertz CT molecular complexity index is 419. The van der Waals surface area contributed by atoms with Crippen LogP contribution in [0.5, 0.6) is 0 Å². The summed E-state index contributed by atoms with van der Waals surface area (Å²) in [5, 5.41) is 8.06. The molecular formula is C15H26BrN3O. The van der Waals surface area contributed by atoms with Gasteiger partial charge < -0.3 is 10.1 Å². The third kappa shape index (κ3) is 3.83. The average Bonchev–Trinajstić information content (AvgIpc) is 2.73. The van der Waals surface area contributed by atoms with Gasteiger partial charge in [0.05, 0.1) is 29.5 Å². The number of ether oxygens (including phenoxy) is 1. The van der Waals surface area contributed by atoms with Crippen molar-refractivity contribution in [3.05, 3.63) is 16.4 Å². The average molecular weight is 344 g/mol. The fraction of sp³-hybridized carbons (Fsp3) is 0.800. The normalized spacial score (nSPS) is 22.2. The second kappa shape index (κ2) is 7.57. The predicted octanol–water partition coefficient (Wildman–Crippen LogP) is 3.03. The van der Waals surface area contributed by atoms with Crippen molar-refractivity contribution in [2.75, 3.05) is 26.8 Å². The van der Waals surface area contributed by atoms with Crippen LogP contribution in [0.2, 0.25) is 0 Å². The van der Waals surface area contributed by atoms with Crippen LogP contribution in [0.25, 0.3) is 0 Å². The SMILES string of the molecule is COCCn1ncc(Br)c1C1CCC1CNCC(C)C. The summed E-state index contributed by atoms with van der Waals surface area (Å²) in [5.74, 6) is 2.08. The van der Waals surface area contributed by atoms with Gasteiger partial charge in [-0.2, -0.15) is 5.10 Å². The maximum atomic E-state index is 5.17. The van der Waals surface area contributed by atoms with Gasteiger partial charge in [-0.15, -0.1) is 0 Å². The van der Waals surface area contributed by atoms with Gasteiger partial charge in [0.15, 0.2) is 0 Å². The lowest BCUT2D eigenvalue weighted by Crippen LogP contribution is -2.36. The number of hydrogen-bond donors (Lipinski definition) is 1. The van der Waals surface area contributed by atoms with Crippen molar-refractivity contribution in [3.63, 3.8) is 0 Å². The molecular weight excluding hydrogens is 318 g/mol. The molecule has 4 nitrogen and oxygen atoms in total. The van der Waals surface area contributed by atoms with Crippen molar-refractivity contribution in [2.24, 2.45) is 11.8 Å². The van der Waals surface area contributed by atoms with E-state index in [1.54, 1.807) is 7.11 Å². The number of nitrogens with zero attached hydrogens (tertiary/aromatic N) is 2. The van der Waals surface area contributed by atoms with E-state index in [2.05, 4.69) is 44.9 Å². The molecule has 2 atom stereocenters. The maximum Gasteiger partial charge on any atom is 0.0658 e. The first-order valence-electron chi connectivity index (χ1n) is 7.54. The molecule has 2 rings (SSSR count). The fourth-order valence-corrected chi connectivity index (χ4v) is 3.42. The predicted molar refractivity (Wildman–Crippen MR) is 85.0 cm³/mol. The molecule has 0 bridgehead atoms. The highest BCUT2D eigenvalue weighted by atomic mass is 79.9. The molecule has 1 N–H and O–H groups in total. The molecule has 1 saturated carbocycles. The minimum absolute atomic E-state index is 0.628. The van der Waals surface area contributed by atoms with E-state index in [9.17, 15) is 0 Å². The Balaban J connectivity index is 1.95. The third-order valence-electron chi connectivity index (χ3n) is 4.07. The van der Waals surface area contributed by atoms with Crippen molar-refractivity contribution in [2.45, 2.75) is 39.2 Å². The minimum atomic E-state index is 0.628. The van der Waals surface area contributed by atoms with Gasteiger partial charge in [0, 0.05) is 13.0 Å². The summed E-state index contributed by atoms with van der Waals surface area (Å²) in [5.41, 5.74) is 1.35. The highest BCUT2D eigenvalue weighted by Gasteiger charge is 2.35. The van der Waals surface area contributed by atoms with Gasteiger partial charge in [-0.05, 0) is 53.7 Å². The van der Waals surface area contributed by atoms with Gasteiger partial charge in [0.1, 0.15) is 0 Å². The molecule has 0 spiro atoms. The summed E-state index contributed by atoms with van der Waals surface area (Å²) in [6.45, 7) is 8.27. The fourth-order valence-electron chi connectivity index (χ4n) is 2.83. The third-order valence-corrected chi connectivity index (χ3v) is 4.68. The number of aromatic nitrogens is 2. The highest BCUT2D eigenvalue weighted by molar-refractivity contribution is 9.10. The van der Waals surface area contributed by atoms with E-state index >= 15 is 0 Å². The number of rotatable bonds is 8. The first kappa shape index (κ1) is 16.0. The number of halogens is 1. The second-order valence-corrected chi connectivity index (χ2v) is 6.94. The Labute approximate surface area is 130 Å². The van der Waals surface area contributed by atoms with E-state index in [0.717, 1.165) is 30.0 Å². The summed E-state index contributed by atoms with van der Waals surface area (Å²) >= 11 is 3.66. The van der Waals surface area contributed by atoms with Crippen LogP contribution in [0.1, 0.15) is 38.3 Å². The van der Waals surface area contributed by atoms with Crippen LogP contribution in [0.15, 0.2) is 10.7 Å². The quantitative estimate of drug-likeness (QED) is 0.788. The molecule has 0 aromatic carbocycles. The lowest BCUT2D eigenvalue weighted by Gasteiger charge is -2.37. The number of nitrogens with one attached hydrogen (secondary N) is 1. The Morgan fingerprint density at radius 2 is 2.30 bits per heavy atom. The van der Waals surface area contributed by atoms with E-state index < -0.39 is 0 Å². The zero-order valence-electron chi connectivity index (χ0n) is 12.7. The molecule has 1 aliphatic rings. The van der Waals surface area contributed by atoms with Crippen LogP contribution < -0.4 is 5.32 Å². The van der Waals surface area contributed by atoms with E-state index in [1.807, 2.05) is 6.20 Å². The van der Waals surface area contributed by atoms with Crippen molar-refractivity contribution in [1.82, 2.24) is 15.1 Å². The molecule has 0 amide bonds. The second-order valence-electron chi connectivity index (χ2n) is 6.09. The molecule has 2 unspecified atom stereocenters. The Morgan fingerprint density at radius 1 is 1.50 bits per heavy atom. The van der Waals surface area contributed by atoms with Crippen LogP contribution >= 0.6 is 15.9 Å². The zero-order valence-corrected chi connectivity index (χ0v) is 14.3. The summed E-state index contributed by atoms with van der Waals surface area (Å²) < 4.78 is 8.42. The van der Waals surface area contributed by atoms with Crippen LogP contribution in [0.3, 0.4) is 0 Å². The Morgan fingerprint density at radius 3 is 2.90 bits per heavy atom. The van der Waals surface area contributed by atoms with Crippen molar-refractivity contribution in [3.8, 4) is 0 Å². The monoisotopic (exact) mass is 343 g/mol. The lowest BCUT2D eigenvalue weighted by molar-refractivity contribution is 0.176. The molecule has 1 aromatic heterocycles. The molecule has 20 heavy (non-hydrogen) atoms. The molecule has 1 aromatic rings. The highest BCUT2D eigenvalue weighted by Crippen LogP contribution is 2.44. The van der Waals surface area contributed by atoms with E-state index in [4.69, 9.17) is 4.74 Å². The van der Waals surface area contributed by atoms with E-state index in [1.165, 1.54) is 18.5 Å². The maximum absolute atomic E-state index is 5.17. The standard InChI is InChI=1S/C15H26BrN3O/c1-11(2)8-17-9-12-4-5-13(12)15-14(16)10-18-19(15)6-7-20-3/h10-13,17H,4-9H2,1-3H3. The van der Waals surface area contributed by atoms with Crippen LogP contribution in [0.4, 0.5) is 0 Å². The Hall–Kier alpha value is -0.390. The molecule has 114 valence electrons. The first-order chi connectivity index (χ1) is 9.63. The smallest absolute Gasteiger partial charge is 0.0658 e. The lowest BCUT2D eigenvalue weighted by atomic mass is 9.71.